The molecule has 0 saturated carbocycles. The number of rotatable bonds is 4. The van der Waals surface area contributed by atoms with Crippen molar-refractivity contribution in [2.24, 2.45) is 0 Å². The van der Waals surface area contributed by atoms with Crippen LogP contribution >= 0.6 is 0 Å². The molecule has 1 aliphatic rings. The lowest BCUT2D eigenvalue weighted by molar-refractivity contribution is -0.117. The molecule has 1 aliphatic heterocycles. The van der Waals surface area contributed by atoms with Gasteiger partial charge < -0.3 is 15.3 Å². The van der Waals surface area contributed by atoms with Crippen LogP contribution in [-0.4, -0.2) is 36.1 Å². The summed E-state index contributed by atoms with van der Waals surface area (Å²) in [5.74, 6) is -0.282. The van der Waals surface area contributed by atoms with Crippen LogP contribution in [0.15, 0.2) is 36.9 Å². The van der Waals surface area contributed by atoms with Crippen LogP contribution in [-0.2, 0) is 4.79 Å². The molecule has 19 heavy (non-hydrogen) atoms. The van der Waals surface area contributed by atoms with Crippen LogP contribution in [0.25, 0.3) is 0 Å². The number of aliphatic hydroxyl groups is 1. The molecule has 5 nitrogen and oxygen atoms in total. The van der Waals surface area contributed by atoms with E-state index in [1.165, 1.54) is 4.90 Å². The van der Waals surface area contributed by atoms with Crippen LogP contribution in [0.5, 0.6) is 0 Å². The fourth-order valence-electron chi connectivity index (χ4n) is 2.00. The molecule has 1 fully saturated rings. The van der Waals surface area contributed by atoms with Gasteiger partial charge in [0.1, 0.15) is 0 Å². The largest absolute Gasteiger partial charge is 0.391 e. The average molecular weight is 260 g/mol. The van der Waals surface area contributed by atoms with Crippen molar-refractivity contribution in [3.8, 4) is 0 Å². The molecule has 0 bridgehead atoms. The van der Waals surface area contributed by atoms with Crippen molar-refractivity contribution >= 4 is 17.5 Å². The highest BCUT2D eigenvalue weighted by molar-refractivity contribution is 5.98. The van der Waals surface area contributed by atoms with Crippen LogP contribution in [0, 0.1) is 0 Å². The highest BCUT2D eigenvalue weighted by Crippen LogP contribution is 2.21. The van der Waals surface area contributed by atoms with Gasteiger partial charge in [0.25, 0.3) is 5.91 Å². The summed E-state index contributed by atoms with van der Waals surface area (Å²) >= 11 is 0. The van der Waals surface area contributed by atoms with Crippen molar-refractivity contribution in [1.29, 1.82) is 0 Å². The van der Waals surface area contributed by atoms with E-state index in [4.69, 9.17) is 0 Å². The minimum atomic E-state index is -0.608. The van der Waals surface area contributed by atoms with Crippen LogP contribution in [0.4, 0.5) is 5.69 Å². The standard InChI is InChI=1S/C14H16N2O3/c1-2-7-15-14(19)10-3-5-11(6-4-10)16-9-12(17)8-13(16)18/h2-6,12,17H,1,7-9H2,(H,15,19). The Kier molecular flexibility index (Phi) is 3.97. The minimum absolute atomic E-state index is 0.101. The summed E-state index contributed by atoms with van der Waals surface area (Å²) < 4.78 is 0. The maximum absolute atomic E-state index is 11.7. The molecule has 2 N–H and O–H groups in total. The lowest BCUT2D eigenvalue weighted by Crippen LogP contribution is -2.26. The molecule has 2 amide bonds. The average Bonchev–Trinajstić information content (AvgIpc) is 2.75. The van der Waals surface area contributed by atoms with Gasteiger partial charge >= 0.3 is 0 Å². The Balaban J connectivity index is 2.08. The number of hydrogen-bond acceptors (Lipinski definition) is 3. The van der Waals surface area contributed by atoms with Crippen LogP contribution in [0.1, 0.15) is 16.8 Å². The molecule has 1 aromatic carbocycles. The molecule has 1 aromatic rings. The van der Waals surface area contributed by atoms with E-state index >= 15 is 0 Å². The Morgan fingerprint density at radius 1 is 1.47 bits per heavy atom. The van der Waals surface area contributed by atoms with Gasteiger partial charge in [0.05, 0.1) is 19.1 Å². The van der Waals surface area contributed by atoms with Gasteiger partial charge in [0.15, 0.2) is 0 Å². The molecule has 1 atom stereocenters. The second kappa shape index (κ2) is 5.67. The summed E-state index contributed by atoms with van der Waals surface area (Å²) in [7, 11) is 0. The van der Waals surface area contributed by atoms with Crippen molar-refractivity contribution in [1.82, 2.24) is 5.32 Å². The van der Waals surface area contributed by atoms with Crippen molar-refractivity contribution in [3.05, 3.63) is 42.5 Å². The van der Waals surface area contributed by atoms with Gasteiger partial charge in [-0.15, -0.1) is 6.58 Å². The van der Waals surface area contributed by atoms with Gasteiger partial charge in [0, 0.05) is 17.8 Å². The van der Waals surface area contributed by atoms with Gasteiger partial charge in [-0.3, -0.25) is 9.59 Å². The molecule has 0 radical (unpaired) electrons. The number of aliphatic hydroxyl groups excluding tert-OH is 1. The molecule has 0 aliphatic carbocycles. The topological polar surface area (TPSA) is 69.6 Å². The third kappa shape index (κ3) is 3.00. The second-order valence-electron chi connectivity index (χ2n) is 4.41. The zero-order chi connectivity index (χ0) is 13.8. The monoisotopic (exact) mass is 260 g/mol. The van der Waals surface area contributed by atoms with Gasteiger partial charge in [-0.25, -0.2) is 0 Å². The Hall–Kier alpha value is -2.14. The highest BCUT2D eigenvalue weighted by atomic mass is 16.3. The number of nitrogens with zero attached hydrogens (tertiary/aromatic N) is 1. The predicted molar refractivity (Wildman–Crippen MR) is 71.9 cm³/mol. The number of benzene rings is 1. The number of carbonyl (C=O) groups excluding carboxylic acids is 2. The lowest BCUT2D eigenvalue weighted by Gasteiger charge is -2.16. The van der Waals surface area contributed by atoms with Gasteiger partial charge in [0.2, 0.25) is 5.91 Å². The van der Waals surface area contributed by atoms with E-state index in [2.05, 4.69) is 11.9 Å². The van der Waals surface area contributed by atoms with E-state index in [1.807, 2.05) is 0 Å². The molecule has 5 heteroatoms. The molecular formula is C14H16N2O3. The van der Waals surface area contributed by atoms with E-state index in [0.29, 0.717) is 24.3 Å². The zero-order valence-electron chi connectivity index (χ0n) is 10.5. The summed E-state index contributed by atoms with van der Waals surface area (Å²) in [6, 6.07) is 6.73. The normalized spacial score (nSPS) is 18.5. The number of β-amino-alcohol motifs (C(OH)–C–C–N with tert-alkyl or cyclic N) is 1. The minimum Gasteiger partial charge on any atom is -0.391 e. The summed E-state index contributed by atoms with van der Waals surface area (Å²) in [6.45, 7) is 4.25. The first kappa shape index (κ1) is 13.3. The molecule has 1 unspecified atom stereocenters. The summed E-state index contributed by atoms with van der Waals surface area (Å²) in [5, 5.41) is 12.1. The highest BCUT2D eigenvalue weighted by Gasteiger charge is 2.28. The molecular weight excluding hydrogens is 244 g/mol. The molecule has 100 valence electrons. The molecule has 2 rings (SSSR count). The number of anilines is 1. The SMILES string of the molecule is C=CCNC(=O)c1ccc(N2CC(O)CC2=O)cc1. The Labute approximate surface area is 111 Å². The van der Waals surface area contributed by atoms with Crippen LogP contribution in [0.2, 0.25) is 0 Å². The zero-order valence-corrected chi connectivity index (χ0v) is 10.5. The van der Waals surface area contributed by atoms with Crippen LogP contribution in [0.3, 0.4) is 0 Å². The molecule has 0 spiro atoms. The van der Waals surface area contributed by atoms with Crippen molar-refractivity contribution in [3.63, 3.8) is 0 Å². The smallest absolute Gasteiger partial charge is 0.251 e. The number of amides is 2. The molecule has 1 saturated heterocycles. The fraction of sp³-hybridized carbons (Fsp3) is 0.286. The van der Waals surface area contributed by atoms with Gasteiger partial charge in [-0.05, 0) is 24.3 Å². The van der Waals surface area contributed by atoms with E-state index in [0.717, 1.165) is 0 Å². The fourth-order valence-corrected chi connectivity index (χ4v) is 2.00. The van der Waals surface area contributed by atoms with E-state index in [9.17, 15) is 14.7 Å². The summed E-state index contributed by atoms with van der Waals surface area (Å²) in [6.07, 6.45) is 1.15. The summed E-state index contributed by atoms with van der Waals surface area (Å²) in [5.41, 5.74) is 1.22. The molecule has 1 heterocycles. The second-order valence-corrected chi connectivity index (χ2v) is 4.41. The Morgan fingerprint density at radius 3 is 2.68 bits per heavy atom. The number of hydrogen-bond donors (Lipinski definition) is 2. The quantitative estimate of drug-likeness (QED) is 0.783. The van der Waals surface area contributed by atoms with Gasteiger partial charge in [-0.1, -0.05) is 6.08 Å². The van der Waals surface area contributed by atoms with Gasteiger partial charge in [-0.2, -0.15) is 0 Å². The Morgan fingerprint density at radius 2 is 2.16 bits per heavy atom. The Bertz CT molecular complexity index is 496. The first-order valence-electron chi connectivity index (χ1n) is 6.09. The summed E-state index contributed by atoms with van der Waals surface area (Å²) in [4.78, 5) is 24.8. The van der Waals surface area contributed by atoms with E-state index in [1.54, 1.807) is 30.3 Å². The maximum Gasteiger partial charge on any atom is 0.251 e. The third-order valence-electron chi connectivity index (χ3n) is 2.95. The van der Waals surface area contributed by atoms with E-state index in [-0.39, 0.29) is 18.2 Å². The number of nitrogens with one attached hydrogen (secondary N) is 1. The lowest BCUT2D eigenvalue weighted by atomic mass is 10.2. The third-order valence-corrected chi connectivity index (χ3v) is 2.95. The van der Waals surface area contributed by atoms with Crippen LogP contribution < -0.4 is 10.2 Å². The predicted octanol–water partition coefficient (Wildman–Crippen LogP) is 0.700. The maximum atomic E-state index is 11.7. The van der Waals surface area contributed by atoms with Crippen molar-refractivity contribution in [2.75, 3.05) is 18.0 Å². The first-order valence-corrected chi connectivity index (χ1v) is 6.09. The van der Waals surface area contributed by atoms with E-state index < -0.39 is 6.10 Å². The number of carbonyl (C=O) groups is 2. The first-order chi connectivity index (χ1) is 9.11. The molecule has 0 aromatic heterocycles. The van der Waals surface area contributed by atoms with Crippen molar-refractivity contribution in [2.45, 2.75) is 12.5 Å². The van der Waals surface area contributed by atoms with Crippen molar-refractivity contribution < 1.29 is 14.7 Å².